The summed E-state index contributed by atoms with van der Waals surface area (Å²) in [6.07, 6.45) is 6.21. The van der Waals surface area contributed by atoms with Crippen molar-refractivity contribution in [3.8, 4) is 0 Å². The minimum atomic E-state index is 0.00539. The van der Waals surface area contributed by atoms with E-state index in [0.717, 1.165) is 25.3 Å². The molecule has 0 bridgehead atoms. The van der Waals surface area contributed by atoms with E-state index < -0.39 is 0 Å². The first-order valence-electron chi connectivity index (χ1n) is 7.38. The number of hydrogen-bond acceptors (Lipinski definition) is 3. The Morgan fingerprint density at radius 3 is 2.95 bits per heavy atom. The van der Waals surface area contributed by atoms with Gasteiger partial charge in [0.2, 0.25) is 5.91 Å². The monoisotopic (exact) mass is 278 g/mol. The van der Waals surface area contributed by atoms with Gasteiger partial charge in [-0.2, -0.15) is 11.3 Å². The summed E-state index contributed by atoms with van der Waals surface area (Å²) < 4.78 is 0. The van der Waals surface area contributed by atoms with Gasteiger partial charge in [-0.25, -0.2) is 0 Å². The maximum atomic E-state index is 12.4. The number of carbonyl (C=O) groups excluding carboxylic acids is 1. The molecule has 1 saturated carbocycles. The van der Waals surface area contributed by atoms with Gasteiger partial charge in [0.15, 0.2) is 0 Å². The summed E-state index contributed by atoms with van der Waals surface area (Å²) in [5.41, 5.74) is 1.24. The lowest BCUT2D eigenvalue weighted by atomic mass is 10.2. The maximum absolute atomic E-state index is 12.4. The molecular formula is C15H22N2OS. The zero-order chi connectivity index (χ0) is 13.2. The molecule has 1 aliphatic carbocycles. The summed E-state index contributed by atoms with van der Waals surface area (Å²) in [6.45, 7) is 2.98. The van der Waals surface area contributed by atoms with Crippen LogP contribution in [-0.2, 0) is 4.79 Å². The Labute approximate surface area is 119 Å². The largest absolute Gasteiger partial charge is 0.322 e. The molecule has 2 atom stereocenters. The van der Waals surface area contributed by atoms with Crippen LogP contribution < -0.4 is 5.32 Å². The summed E-state index contributed by atoms with van der Waals surface area (Å²) in [5, 5.41) is 7.72. The van der Waals surface area contributed by atoms with E-state index in [4.69, 9.17) is 0 Å². The smallest absolute Gasteiger partial charge is 0.241 e. The Morgan fingerprint density at radius 2 is 2.32 bits per heavy atom. The van der Waals surface area contributed by atoms with Crippen LogP contribution in [0.5, 0.6) is 0 Å². The minimum Gasteiger partial charge on any atom is -0.322 e. The third-order valence-corrected chi connectivity index (χ3v) is 4.93. The average molecular weight is 278 g/mol. The molecule has 2 fully saturated rings. The van der Waals surface area contributed by atoms with Gasteiger partial charge in [-0.15, -0.1) is 0 Å². The van der Waals surface area contributed by atoms with Gasteiger partial charge >= 0.3 is 0 Å². The van der Waals surface area contributed by atoms with Crippen molar-refractivity contribution in [3.63, 3.8) is 0 Å². The van der Waals surface area contributed by atoms with Crippen LogP contribution in [0.3, 0.4) is 0 Å². The highest BCUT2D eigenvalue weighted by atomic mass is 32.1. The number of thiophene rings is 1. The highest BCUT2D eigenvalue weighted by Gasteiger charge is 2.38. The summed E-state index contributed by atoms with van der Waals surface area (Å²) >= 11 is 1.70. The van der Waals surface area contributed by atoms with Crippen molar-refractivity contribution in [3.05, 3.63) is 22.4 Å². The lowest BCUT2D eigenvalue weighted by Gasteiger charge is -2.23. The van der Waals surface area contributed by atoms with Crippen molar-refractivity contribution in [1.82, 2.24) is 10.2 Å². The molecule has 1 aromatic heterocycles. The van der Waals surface area contributed by atoms with Crippen LogP contribution in [0.15, 0.2) is 16.8 Å². The van der Waals surface area contributed by atoms with Crippen LogP contribution in [0.4, 0.5) is 0 Å². The molecule has 104 valence electrons. The first-order valence-corrected chi connectivity index (χ1v) is 8.32. The molecule has 1 amide bonds. The van der Waals surface area contributed by atoms with Crippen molar-refractivity contribution >= 4 is 17.2 Å². The Balaban J connectivity index is 1.66. The third kappa shape index (κ3) is 2.84. The second-order valence-corrected chi connectivity index (χ2v) is 6.48. The van der Waals surface area contributed by atoms with E-state index in [1.165, 1.54) is 24.8 Å². The third-order valence-electron chi connectivity index (χ3n) is 4.23. The zero-order valence-corrected chi connectivity index (χ0v) is 12.3. The predicted molar refractivity (Wildman–Crippen MR) is 77.9 cm³/mol. The summed E-state index contributed by atoms with van der Waals surface area (Å²) in [5.74, 6) is 1.24. The molecule has 4 heteroatoms. The van der Waals surface area contributed by atoms with Gasteiger partial charge in [0, 0.05) is 6.54 Å². The van der Waals surface area contributed by atoms with E-state index in [0.29, 0.717) is 0 Å². The Hall–Kier alpha value is -0.870. The fourth-order valence-corrected chi connectivity index (χ4v) is 3.55. The van der Waals surface area contributed by atoms with Crippen LogP contribution >= 0.6 is 11.3 Å². The van der Waals surface area contributed by atoms with Gasteiger partial charge in [-0.1, -0.05) is 19.8 Å². The standard InChI is InChI=1S/C15H22N2OS/c1-2-13-15(18)17(8-3-4-11-5-6-11)14(16-13)12-7-9-19-10-12/h7,9-11,13-14,16H,2-6,8H2,1H3. The van der Waals surface area contributed by atoms with E-state index >= 15 is 0 Å². The molecule has 3 rings (SSSR count). The van der Waals surface area contributed by atoms with Crippen LogP contribution in [-0.4, -0.2) is 23.4 Å². The number of rotatable bonds is 6. The maximum Gasteiger partial charge on any atom is 0.241 e. The van der Waals surface area contributed by atoms with Crippen molar-refractivity contribution in [2.24, 2.45) is 5.92 Å². The summed E-state index contributed by atoms with van der Waals surface area (Å²) in [4.78, 5) is 14.5. The van der Waals surface area contributed by atoms with E-state index in [1.54, 1.807) is 11.3 Å². The number of nitrogens with zero attached hydrogens (tertiary/aromatic N) is 1. The molecule has 1 N–H and O–H groups in total. The number of nitrogens with one attached hydrogen (secondary N) is 1. The van der Waals surface area contributed by atoms with Crippen molar-refractivity contribution in [1.29, 1.82) is 0 Å². The molecule has 2 aliphatic rings. The fourth-order valence-electron chi connectivity index (χ4n) is 2.87. The molecule has 0 aromatic carbocycles. The van der Waals surface area contributed by atoms with Crippen LogP contribution in [0.1, 0.15) is 50.8 Å². The van der Waals surface area contributed by atoms with E-state index in [2.05, 4.69) is 34.0 Å². The van der Waals surface area contributed by atoms with Crippen LogP contribution in [0.25, 0.3) is 0 Å². The van der Waals surface area contributed by atoms with E-state index in [1.807, 2.05) is 0 Å². The minimum absolute atomic E-state index is 0.00539. The van der Waals surface area contributed by atoms with E-state index in [9.17, 15) is 4.79 Å². The van der Waals surface area contributed by atoms with Crippen molar-refractivity contribution in [2.75, 3.05) is 6.54 Å². The molecule has 0 radical (unpaired) electrons. The second-order valence-electron chi connectivity index (χ2n) is 5.70. The Bertz CT molecular complexity index is 427. The summed E-state index contributed by atoms with van der Waals surface area (Å²) in [7, 11) is 0. The molecule has 2 heterocycles. The number of hydrogen-bond donors (Lipinski definition) is 1. The van der Waals surface area contributed by atoms with Gasteiger partial charge in [-0.05, 0) is 47.6 Å². The topological polar surface area (TPSA) is 32.3 Å². The quantitative estimate of drug-likeness (QED) is 0.867. The molecule has 1 aromatic rings. The number of amides is 1. The lowest BCUT2D eigenvalue weighted by Crippen LogP contribution is -2.31. The molecule has 3 nitrogen and oxygen atoms in total. The molecule has 1 aliphatic heterocycles. The van der Waals surface area contributed by atoms with Gasteiger partial charge < -0.3 is 4.90 Å². The Morgan fingerprint density at radius 1 is 1.47 bits per heavy atom. The van der Waals surface area contributed by atoms with E-state index in [-0.39, 0.29) is 18.1 Å². The molecule has 2 unspecified atom stereocenters. The zero-order valence-electron chi connectivity index (χ0n) is 11.5. The van der Waals surface area contributed by atoms with Crippen molar-refractivity contribution < 1.29 is 4.79 Å². The highest BCUT2D eigenvalue weighted by Crippen LogP contribution is 2.34. The van der Waals surface area contributed by atoms with Gasteiger partial charge in [0.25, 0.3) is 0 Å². The fraction of sp³-hybridized carbons (Fsp3) is 0.667. The second kappa shape index (κ2) is 5.63. The lowest BCUT2D eigenvalue weighted by molar-refractivity contribution is -0.130. The SMILES string of the molecule is CCC1NC(c2ccsc2)N(CCCC2CC2)C1=O. The van der Waals surface area contributed by atoms with Gasteiger partial charge in [0.1, 0.15) is 6.17 Å². The normalized spacial score (nSPS) is 27.2. The first-order chi connectivity index (χ1) is 9.29. The predicted octanol–water partition coefficient (Wildman–Crippen LogP) is 3.15. The van der Waals surface area contributed by atoms with Crippen LogP contribution in [0, 0.1) is 5.92 Å². The van der Waals surface area contributed by atoms with Crippen LogP contribution in [0.2, 0.25) is 0 Å². The molecule has 1 saturated heterocycles. The summed E-state index contributed by atoms with van der Waals surface area (Å²) in [6, 6.07) is 2.13. The number of carbonyl (C=O) groups is 1. The van der Waals surface area contributed by atoms with Crippen molar-refractivity contribution in [2.45, 2.75) is 51.2 Å². The molecular weight excluding hydrogens is 256 g/mol. The molecule has 0 spiro atoms. The highest BCUT2D eigenvalue weighted by molar-refractivity contribution is 7.07. The molecule has 19 heavy (non-hydrogen) atoms. The average Bonchev–Trinajstić information content (AvgIpc) is 2.97. The van der Waals surface area contributed by atoms with Gasteiger partial charge in [0.05, 0.1) is 6.04 Å². The first kappa shape index (κ1) is 13.1. The van der Waals surface area contributed by atoms with Gasteiger partial charge in [-0.3, -0.25) is 10.1 Å². The Kier molecular flexibility index (Phi) is 3.89.